The van der Waals surface area contributed by atoms with Crippen molar-refractivity contribution in [3.8, 4) is 0 Å². The quantitative estimate of drug-likeness (QED) is 0.862. The van der Waals surface area contributed by atoms with Gasteiger partial charge in [-0.25, -0.2) is 9.97 Å². The van der Waals surface area contributed by atoms with Gasteiger partial charge in [-0.15, -0.1) is 0 Å². The van der Waals surface area contributed by atoms with Crippen molar-refractivity contribution in [1.29, 1.82) is 0 Å². The summed E-state index contributed by atoms with van der Waals surface area (Å²) in [6.07, 6.45) is 2.38. The SMILES string of the molecule is CCC(C)NC(=O)c1ccnc(Nc2ccc(Cl)c(Cl)c2)n1. The molecule has 1 aromatic heterocycles. The van der Waals surface area contributed by atoms with Crippen LogP contribution >= 0.6 is 23.2 Å². The van der Waals surface area contributed by atoms with E-state index in [1.807, 2.05) is 13.8 Å². The summed E-state index contributed by atoms with van der Waals surface area (Å²) in [6.45, 7) is 3.94. The highest BCUT2D eigenvalue weighted by Gasteiger charge is 2.11. The molecular formula is C15H16Cl2N4O. The van der Waals surface area contributed by atoms with Crippen LogP contribution in [0.3, 0.4) is 0 Å². The Morgan fingerprint density at radius 3 is 2.73 bits per heavy atom. The van der Waals surface area contributed by atoms with E-state index in [4.69, 9.17) is 23.2 Å². The van der Waals surface area contributed by atoms with E-state index >= 15 is 0 Å². The number of nitrogens with one attached hydrogen (secondary N) is 2. The van der Waals surface area contributed by atoms with Gasteiger partial charge in [0.2, 0.25) is 5.95 Å². The third-order valence-electron chi connectivity index (χ3n) is 3.05. The molecule has 0 aliphatic heterocycles. The highest BCUT2D eigenvalue weighted by atomic mass is 35.5. The number of amides is 1. The van der Waals surface area contributed by atoms with Crippen molar-refractivity contribution in [3.63, 3.8) is 0 Å². The molecule has 22 heavy (non-hydrogen) atoms. The van der Waals surface area contributed by atoms with Crippen LogP contribution in [0.5, 0.6) is 0 Å². The van der Waals surface area contributed by atoms with E-state index in [0.717, 1.165) is 6.42 Å². The third-order valence-corrected chi connectivity index (χ3v) is 3.79. The zero-order valence-corrected chi connectivity index (χ0v) is 13.7. The predicted molar refractivity (Wildman–Crippen MR) is 89.0 cm³/mol. The lowest BCUT2D eigenvalue weighted by Gasteiger charge is -2.11. The predicted octanol–water partition coefficient (Wildman–Crippen LogP) is 4.06. The molecule has 2 aromatic rings. The highest BCUT2D eigenvalue weighted by molar-refractivity contribution is 6.42. The van der Waals surface area contributed by atoms with Crippen molar-refractivity contribution in [2.45, 2.75) is 26.3 Å². The molecule has 2 rings (SSSR count). The normalized spacial score (nSPS) is 11.8. The summed E-state index contributed by atoms with van der Waals surface area (Å²) in [4.78, 5) is 20.3. The maximum Gasteiger partial charge on any atom is 0.270 e. The third kappa shape index (κ3) is 4.32. The maximum atomic E-state index is 12.0. The van der Waals surface area contributed by atoms with E-state index in [1.54, 1.807) is 24.3 Å². The Balaban J connectivity index is 2.14. The number of halogens is 2. The summed E-state index contributed by atoms with van der Waals surface area (Å²) in [5, 5.41) is 6.74. The minimum Gasteiger partial charge on any atom is -0.348 e. The van der Waals surface area contributed by atoms with Gasteiger partial charge < -0.3 is 10.6 Å². The number of nitrogens with zero attached hydrogens (tertiary/aromatic N) is 2. The first-order valence-corrected chi connectivity index (χ1v) is 7.61. The molecule has 0 bridgehead atoms. The maximum absolute atomic E-state index is 12.0. The molecule has 1 atom stereocenters. The van der Waals surface area contributed by atoms with Crippen LogP contribution in [0.15, 0.2) is 30.5 Å². The molecule has 1 unspecified atom stereocenters. The topological polar surface area (TPSA) is 66.9 Å². The standard InChI is InChI=1S/C15H16Cl2N4O/c1-3-9(2)19-14(22)13-6-7-18-15(21-13)20-10-4-5-11(16)12(17)8-10/h4-9H,3H2,1-2H3,(H,19,22)(H,18,20,21). The minimum absolute atomic E-state index is 0.0916. The van der Waals surface area contributed by atoms with E-state index in [1.165, 1.54) is 6.20 Å². The van der Waals surface area contributed by atoms with Gasteiger partial charge in [-0.1, -0.05) is 30.1 Å². The van der Waals surface area contributed by atoms with Crippen LogP contribution in [0.2, 0.25) is 10.0 Å². The van der Waals surface area contributed by atoms with Gasteiger partial charge in [-0.3, -0.25) is 4.79 Å². The zero-order chi connectivity index (χ0) is 16.1. The van der Waals surface area contributed by atoms with Crippen molar-refractivity contribution in [1.82, 2.24) is 15.3 Å². The van der Waals surface area contributed by atoms with Gasteiger partial charge in [-0.05, 0) is 37.6 Å². The van der Waals surface area contributed by atoms with E-state index in [9.17, 15) is 4.79 Å². The van der Waals surface area contributed by atoms with Gasteiger partial charge >= 0.3 is 0 Å². The first-order valence-electron chi connectivity index (χ1n) is 6.85. The van der Waals surface area contributed by atoms with Crippen molar-refractivity contribution >= 4 is 40.7 Å². The van der Waals surface area contributed by atoms with Crippen molar-refractivity contribution in [2.24, 2.45) is 0 Å². The smallest absolute Gasteiger partial charge is 0.270 e. The Bertz CT molecular complexity index is 678. The van der Waals surface area contributed by atoms with E-state index < -0.39 is 0 Å². The lowest BCUT2D eigenvalue weighted by atomic mass is 10.2. The first kappa shape index (κ1) is 16.5. The van der Waals surface area contributed by atoms with Gasteiger partial charge in [0.05, 0.1) is 10.0 Å². The number of aromatic nitrogens is 2. The molecule has 5 nitrogen and oxygen atoms in total. The molecule has 7 heteroatoms. The lowest BCUT2D eigenvalue weighted by Crippen LogP contribution is -2.32. The molecule has 0 aliphatic rings. The molecule has 1 heterocycles. The number of anilines is 2. The van der Waals surface area contributed by atoms with Crippen molar-refractivity contribution in [3.05, 3.63) is 46.2 Å². The first-order chi connectivity index (χ1) is 10.5. The van der Waals surface area contributed by atoms with Crippen LogP contribution in [0.4, 0.5) is 11.6 Å². The molecule has 1 aromatic carbocycles. The molecule has 0 aliphatic carbocycles. The van der Waals surface area contributed by atoms with Crippen LogP contribution in [0.1, 0.15) is 30.8 Å². The molecule has 1 amide bonds. The van der Waals surface area contributed by atoms with Crippen LogP contribution in [-0.4, -0.2) is 21.9 Å². The summed E-state index contributed by atoms with van der Waals surface area (Å²) in [5.74, 6) is 0.0872. The minimum atomic E-state index is -0.228. The number of benzene rings is 1. The summed E-state index contributed by atoms with van der Waals surface area (Å²) < 4.78 is 0. The van der Waals surface area contributed by atoms with Crippen LogP contribution in [0.25, 0.3) is 0 Å². The Hall–Kier alpha value is -1.85. The lowest BCUT2D eigenvalue weighted by molar-refractivity contribution is 0.0934. The molecule has 0 saturated carbocycles. The number of hydrogen-bond donors (Lipinski definition) is 2. The highest BCUT2D eigenvalue weighted by Crippen LogP contribution is 2.26. The van der Waals surface area contributed by atoms with Gasteiger partial charge in [-0.2, -0.15) is 0 Å². The van der Waals surface area contributed by atoms with E-state index in [0.29, 0.717) is 27.4 Å². The van der Waals surface area contributed by atoms with Crippen LogP contribution < -0.4 is 10.6 Å². The average molecular weight is 339 g/mol. The second-order valence-electron chi connectivity index (χ2n) is 4.80. The van der Waals surface area contributed by atoms with Crippen LogP contribution in [-0.2, 0) is 0 Å². The number of rotatable bonds is 5. The molecule has 0 fully saturated rings. The Kier molecular flexibility index (Phi) is 5.57. The van der Waals surface area contributed by atoms with Gasteiger partial charge in [0, 0.05) is 17.9 Å². The van der Waals surface area contributed by atoms with E-state index in [2.05, 4.69) is 20.6 Å². The Morgan fingerprint density at radius 1 is 1.27 bits per heavy atom. The molecule has 116 valence electrons. The molecule has 2 N–H and O–H groups in total. The molecule has 0 spiro atoms. The van der Waals surface area contributed by atoms with Crippen molar-refractivity contribution < 1.29 is 4.79 Å². The average Bonchev–Trinajstić information content (AvgIpc) is 2.51. The molecule has 0 saturated heterocycles. The summed E-state index contributed by atoms with van der Waals surface area (Å²) in [6, 6.07) is 6.75. The fourth-order valence-corrected chi connectivity index (χ4v) is 1.95. The number of carbonyl (C=O) groups excluding carboxylic acids is 1. The van der Waals surface area contributed by atoms with Gasteiger partial charge in [0.25, 0.3) is 5.91 Å². The van der Waals surface area contributed by atoms with Crippen molar-refractivity contribution in [2.75, 3.05) is 5.32 Å². The largest absolute Gasteiger partial charge is 0.348 e. The summed E-state index contributed by atoms with van der Waals surface area (Å²) in [7, 11) is 0. The van der Waals surface area contributed by atoms with Crippen LogP contribution in [0, 0.1) is 0 Å². The second kappa shape index (κ2) is 7.42. The fraction of sp³-hybridized carbons (Fsp3) is 0.267. The number of hydrogen-bond acceptors (Lipinski definition) is 4. The van der Waals surface area contributed by atoms with E-state index in [-0.39, 0.29) is 11.9 Å². The fourth-order valence-electron chi connectivity index (χ4n) is 1.65. The summed E-state index contributed by atoms with van der Waals surface area (Å²) in [5.41, 5.74) is 0.992. The Morgan fingerprint density at radius 2 is 2.05 bits per heavy atom. The second-order valence-corrected chi connectivity index (χ2v) is 5.62. The number of carbonyl (C=O) groups is 1. The Labute approximate surface area is 139 Å². The van der Waals surface area contributed by atoms with Gasteiger partial charge in [0.1, 0.15) is 5.69 Å². The van der Waals surface area contributed by atoms with Gasteiger partial charge in [0.15, 0.2) is 0 Å². The molecule has 0 radical (unpaired) electrons. The monoisotopic (exact) mass is 338 g/mol. The molecular weight excluding hydrogens is 323 g/mol. The zero-order valence-electron chi connectivity index (χ0n) is 12.2. The summed E-state index contributed by atoms with van der Waals surface area (Å²) >= 11 is 11.8.